The maximum Gasteiger partial charge on any atom is 0.414 e. The van der Waals surface area contributed by atoms with Crippen LogP contribution in [0.1, 0.15) is 24.4 Å². The Bertz CT molecular complexity index is 423. The number of halogens is 3. The molecule has 2 rings (SSSR count). The zero-order chi connectivity index (χ0) is 14.0. The Morgan fingerprint density at radius 3 is 2.53 bits per heavy atom. The van der Waals surface area contributed by atoms with Crippen LogP contribution in [0, 0.1) is 13.8 Å². The van der Waals surface area contributed by atoms with E-state index in [-0.39, 0.29) is 13.0 Å². The molecule has 7 heteroatoms. The highest BCUT2D eigenvalue weighted by Crippen LogP contribution is 2.30. The number of hydrogen-bond acceptors (Lipinski definition) is 4. The molecular weight excluding hydrogens is 261 g/mol. The van der Waals surface area contributed by atoms with Crippen molar-refractivity contribution in [1.29, 1.82) is 0 Å². The van der Waals surface area contributed by atoms with Crippen molar-refractivity contribution >= 4 is 0 Å². The molecule has 2 heterocycles. The second-order valence-electron chi connectivity index (χ2n) is 4.58. The van der Waals surface area contributed by atoms with E-state index >= 15 is 0 Å². The van der Waals surface area contributed by atoms with Crippen molar-refractivity contribution in [3.8, 4) is 5.88 Å². The largest absolute Gasteiger partial charge is 0.472 e. The first-order valence-corrected chi connectivity index (χ1v) is 6.02. The predicted molar refractivity (Wildman–Crippen MR) is 61.0 cm³/mol. The number of aromatic nitrogens is 2. The first-order chi connectivity index (χ1) is 8.84. The lowest BCUT2D eigenvalue weighted by molar-refractivity contribution is -0.238. The van der Waals surface area contributed by atoms with Gasteiger partial charge in [0, 0.05) is 11.8 Å². The summed E-state index contributed by atoms with van der Waals surface area (Å²) in [7, 11) is 0. The summed E-state index contributed by atoms with van der Waals surface area (Å²) in [5.74, 6) is 0.948. The minimum Gasteiger partial charge on any atom is -0.472 e. The van der Waals surface area contributed by atoms with Gasteiger partial charge < -0.3 is 9.47 Å². The Morgan fingerprint density at radius 1 is 1.26 bits per heavy atom. The van der Waals surface area contributed by atoms with Crippen LogP contribution in [-0.4, -0.2) is 35.0 Å². The molecule has 0 bridgehead atoms. The topological polar surface area (TPSA) is 44.2 Å². The highest BCUT2D eigenvalue weighted by molar-refractivity contribution is 5.15. The van der Waals surface area contributed by atoms with E-state index in [2.05, 4.69) is 9.97 Å². The minimum atomic E-state index is -4.30. The summed E-state index contributed by atoms with van der Waals surface area (Å²) in [6.45, 7) is 3.46. The van der Waals surface area contributed by atoms with Crippen LogP contribution in [-0.2, 0) is 4.74 Å². The van der Waals surface area contributed by atoms with E-state index in [1.54, 1.807) is 19.9 Å². The number of rotatable bonds is 2. The molecule has 0 aliphatic carbocycles. The fourth-order valence-corrected chi connectivity index (χ4v) is 1.99. The Morgan fingerprint density at radius 2 is 2.00 bits per heavy atom. The first-order valence-electron chi connectivity index (χ1n) is 6.02. The van der Waals surface area contributed by atoms with Crippen molar-refractivity contribution in [3.63, 3.8) is 0 Å². The van der Waals surface area contributed by atoms with E-state index in [1.807, 2.05) is 0 Å². The van der Waals surface area contributed by atoms with Crippen LogP contribution in [0.2, 0.25) is 0 Å². The van der Waals surface area contributed by atoms with E-state index in [0.29, 0.717) is 18.1 Å². The number of nitrogens with zero attached hydrogens (tertiary/aromatic N) is 2. The van der Waals surface area contributed by atoms with Gasteiger partial charge in [-0.2, -0.15) is 18.2 Å². The number of hydrogen-bond donors (Lipinski definition) is 0. The summed E-state index contributed by atoms with van der Waals surface area (Å²) in [6.07, 6.45) is -6.16. The second kappa shape index (κ2) is 5.32. The van der Waals surface area contributed by atoms with Gasteiger partial charge in [-0.1, -0.05) is 0 Å². The molecule has 1 saturated heterocycles. The van der Waals surface area contributed by atoms with Gasteiger partial charge >= 0.3 is 6.18 Å². The number of aryl methyl sites for hydroxylation is 2. The van der Waals surface area contributed by atoms with Crippen molar-refractivity contribution in [2.45, 2.75) is 45.1 Å². The predicted octanol–water partition coefficient (Wildman–Crippen LogP) is 2.58. The Hall–Kier alpha value is -1.37. The molecule has 0 spiro atoms. The van der Waals surface area contributed by atoms with E-state index in [1.165, 1.54) is 0 Å². The molecule has 0 amide bonds. The van der Waals surface area contributed by atoms with Crippen molar-refractivity contribution in [2.75, 3.05) is 6.61 Å². The maximum atomic E-state index is 12.4. The van der Waals surface area contributed by atoms with Crippen LogP contribution < -0.4 is 4.74 Å². The normalized spacial score (nSPS) is 24.3. The van der Waals surface area contributed by atoms with Gasteiger partial charge in [0.15, 0.2) is 6.10 Å². The zero-order valence-electron chi connectivity index (χ0n) is 10.7. The van der Waals surface area contributed by atoms with Crippen LogP contribution in [0.3, 0.4) is 0 Å². The summed E-state index contributed by atoms with van der Waals surface area (Å²) < 4.78 is 47.6. The summed E-state index contributed by atoms with van der Waals surface area (Å²) in [5, 5.41) is 0. The molecule has 19 heavy (non-hydrogen) atoms. The minimum absolute atomic E-state index is 0.0771. The van der Waals surface area contributed by atoms with Gasteiger partial charge in [-0.25, -0.2) is 4.98 Å². The van der Waals surface area contributed by atoms with E-state index in [4.69, 9.17) is 9.47 Å². The molecule has 1 unspecified atom stereocenters. The van der Waals surface area contributed by atoms with Gasteiger partial charge in [0.2, 0.25) is 5.88 Å². The lowest BCUT2D eigenvalue weighted by Gasteiger charge is -2.30. The molecule has 4 nitrogen and oxygen atoms in total. The Balaban J connectivity index is 1.92. The molecule has 0 N–H and O–H groups in total. The molecule has 1 aliphatic heterocycles. The summed E-state index contributed by atoms with van der Waals surface area (Å²) >= 11 is 0. The SMILES string of the molecule is Cc1cc(O[C@@H]2CCC(C(F)(F)F)OC2)nc(C)n1. The van der Waals surface area contributed by atoms with Gasteiger partial charge in [-0.3, -0.25) is 0 Å². The summed E-state index contributed by atoms with van der Waals surface area (Å²) in [6, 6.07) is 1.66. The lowest BCUT2D eigenvalue weighted by atomic mass is 10.1. The monoisotopic (exact) mass is 276 g/mol. The van der Waals surface area contributed by atoms with Gasteiger partial charge in [-0.05, 0) is 26.7 Å². The standard InChI is InChI=1S/C12H15F3N2O2/c1-7-5-11(17-8(2)16-7)19-9-3-4-10(18-6-9)12(13,14)15/h5,9-10H,3-4,6H2,1-2H3/t9-,10?/m1/s1. The highest BCUT2D eigenvalue weighted by atomic mass is 19.4. The van der Waals surface area contributed by atoms with Crippen molar-refractivity contribution in [3.05, 3.63) is 17.6 Å². The van der Waals surface area contributed by atoms with Crippen LogP contribution in [0.15, 0.2) is 6.07 Å². The number of ether oxygens (including phenoxy) is 2. The first kappa shape index (κ1) is 14.0. The summed E-state index contributed by atoms with van der Waals surface area (Å²) in [5.41, 5.74) is 0.757. The molecule has 1 aromatic heterocycles. The Kier molecular flexibility index (Phi) is 3.93. The average Bonchev–Trinajstić information content (AvgIpc) is 2.26. The Labute approximate surface area is 109 Å². The number of alkyl halides is 3. The second-order valence-corrected chi connectivity index (χ2v) is 4.58. The quantitative estimate of drug-likeness (QED) is 0.832. The van der Waals surface area contributed by atoms with E-state index < -0.39 is 18.4 Å². The molecule has 0 saturated carbocycles. The van der Waals surface area contributed by atoms with E-state index in [9.17, 15) is 13.2 Å². The van der Waals surface area contributed by atoms with Gasteiger partial charge in [-0.15, -0.1) is 0 Å². The maximum absolute atomic E-state index is 12.4. The van der Waals surface area contributed by atoms with Crippen LogP contribution >= 0.6 is 0 Å². The molecule has 1 aliphatic rings. The van der Waals surface area contributed by atoms with Crippen molar-refractivity contribution in [1.82, 2.24) is 9.97 Å². The lowest BCUT2D eigenvalue weighted by Crippen LogP contribution is -2.41. The fraction of sp³-hybridized carbons (Fsp3) is 0.667. The fourth-order valence-electron chi connectivity index (χ4n) is 1.99. The molecular formula is C12H15F3N2O2. The van der Waals surface area contributed by atoms with Gasteiger partial charge in [0.25, 0.3) is 0 Å². The molecule has 1 aromatic rings. The third-order valence-corrected chi connectivity index (χ3v) is 2.83. The van der Waals surface area contributed by atoms with Crippen molar-refractivity contribution < 1.29 is 22.6 Å². The molecule has 0 radical (unpaired) electrons. The average molecular weight is 276 g/mol. The van der Waals surface area contributed by atoms with Crippen LogP contribution in [0.4, 0.5) is 13.2 Å². The molecule has 0 aromatic carbocycles. The van der Waals surface area contributed by atoms with Crippen LogP contribution in [0.5, 0.6) is 5.88 Å². The third kappa shape index (κ3) is 3.79. The van der Waals surface area contributed by atoms with Crippen molar-refractivity contribution in [2.24, 2.45) is 0 Å². The summed E-state index contributed by atoms with van der Waals surface area (Å²) in [4.78, 5) is 8.19. The highest BCUT2D eigenvalue weighted by Gasteiger charge is 2.43. The molecule has 2 atom stereocenters. The van der Waals surface area contributed by atoms with Crippen LogP contribution in [0.25, 0.3) is 0 Å². The molecule has 1 fully saturated rings. The van der Waals surface area contributed by atoms with Gasteiger partial charge in [0.1, 0.15) is 11.9 Å². The van der Waals surface area contributed by atoms with E-state index in [0.717, 1.165) is 5.69 Å². The zero-order valence-corrected chi connectivity index (χ0v) is 10.7. The molecule has 106 valence electrons. The smallest absolute Gasteiger partial charge is 0.414 e. The third-order valence-electron chi connectivity index (χ3n) is 2.83. The van der Waals surface area contributed by atoms with Gasteiger partial charge in [0.05, 0.1) is 6.61 Å².